The number of hydrogen-bond donors (Lipinski definition) is 2. The van der Waals surface area contributed by atoms with Crippen LogP contribution >= 0.6 is 0 Å². The van der Waals surface area contributed by atoms with Gasteiger partial charge in [0.25, 0.3) is 18.2 Å². The molecule has 188 valence electrons. The largest absolute Gasteiger partial charge is 0.433 e. The molecule has 2 aliphatic rings. The molecule has 9 nitrogen and oxygen atoms in total. The van der Waals surface area contributed by atoms with E-state index in [1.165, 1.54) is 17.0 Å². The molecular formula is C21H26F4N4O5. The van der Waals surface area contributed by atoms with Crippen molar-refractivity contribution < 1.29 is 41.4 Å². The minimum atomic E-state index is -3.22. The summed E-state index contributed by atoms with van der Waals surface area (Å²) >= 11 is 0. The molecule has 3 rings (SSSR count). The maximum absolute atomic E-state index is 13.1. The van der Waals surface area contributed by atoms with Crippen LogP contribution in [0.15, 0.2) is 18.2 Å². The molecule has 1 heterocycles. The molecule has 1 aromatic carbocycles. The molecule has 0 radical (unpaired) electrons. The molecule has 1 saturated heterocycles. The van der Waals surface area contributed by atoms with Crippen molar-refractivity contribution in [3.05, 3.63) is 18.2 Å². The van der Waals surface area contributed by atoms with Crippen molar-refractivity contribution in [2.45, 2.75) is 38.3 Å². The third-order valence-corrected chi connectivity index (χ3v) is 5.69. The maximum atomic E-state index is 13.1. The van der Waals surface area contributed by atoms with E-state index in [0.29, 0.717) is 0 Å². The zero-order chi connectivity index (χ0) is 24.8. The van der Waals surface area contributed by atoms with Crippen LogP contribution < -0.4 is 20.7 Å². The van der Waals surface area contributed by atoms with Gasteiger partial charge in [0.1, 0.15) is 6.61 Å². The number of carbonyl (C=O) groups excluding carboxylic acids is 3. The lowest BCUT2D eigenvalue weighted by atomic mass is 9.85. The number of rotatable bonds is 11. The fraction of sp³-hybridized carbons (Fsp3) is 0.571. The molecule has 1 aliphatic heterocycles. The second-order valence-corrected chi connectivity index (χ2v) is 8.10. The first-order valence-electron chi connectivity index (χ1n) is 10.7. The van der Waals surface area contributed by atoms with Gasteiger partial charge in [-0.25, -0.2) is 8.78 Å². The monoisotopic (exact) mass is 490 g/mol. The lowest BCUT2D eigenvalue weighted by Gasteiger charge is -2.35. The first kappa shape index (κ1) is 25.7. The Morgan fingerprint density at radius 2 is 2.00 bits per heavy atom. The van der Waals surface area contributed by atoms with Gasteiger partial charge in [-0.05, 0) is 30.9 Å². The van der Waals surface area contributed by atoms with Crippen LogP contribution in [0.25, 0.3) is 0 Å². The normalized spacial score (nSPS) is 17.7. The summed E-state index contributed by atoms with van der Waals surface area (Å²) in [6, 6.07) is 1.98. The van der Waals surface area contributed by atoms with Gasteiger partial charge in [0.15, 0.2) is 11.8 Å². The summed E-state index contributed by atoms with van der Waals surface area (Å²) in [5, 5.41) is 2.36. The highest BCUT2D eigenvalue weighted by Gasteiger charge is 2.35. The number of primary amides is 1. The standard InChI is InChI=1S/C21H26F4N4O5/c22-16(23)10-28(9-12-2-1-3-12)18(19(26)31)20(32)27-13-4-5-14(15(8-13)34-21(24)25)29-6-7-33-11-17(29)30/h4-5,8,12,16,18,21H,1-3,6-7,9-11H2,(H2,26,31)(H,27,32)/t18-/m1/s1. The first-order valence-corrected chi connectivity index (χ1v) is 10.7. The van der Waals surface area contributed by atoms with Crippen LogP contribution in [0.3, 0.4) is 0 Å². The minimum Gasteiger partial charge on any atom is -0.433 e. The Labute approximate surface area is 193 Å². The molecule has 0 aromatic heterocycles. The molecule has 3 N–H and O–H groups in total. The highest BCUT2D eigenvalue weighted by atomic mass is 19.3. The summed E-state index contributed by atoms with van der Waals surface area (Å²) in [6.45, 7) is -3.87. The fourth-order valence-electron chi connectivity index (χ4n) is 3.93. The number of halogens is 4. The summed E-state index contributed by atoms with van der Waals surface area (Å²) in [5.74, 6) is -2.88. The van der Waals surface area contributed by atoms with Crippen LogP contribution in [-0.4, -0.2) is 74.5 Å². The lowest BCUT2D eigenvalue weighted by Crippen LogP contribution is -2.55. The Morgan fingerprint density at radius 1 is 1.26 bits per heavy atom. The number of alkyl halides is 4. The van der Waals surface area contributed by atoms with E-state index in [1.54, 1.807) is 0 Å². The van der Waals surface area contributed by atoms with E-state index >= 15 is 0 Å². The number of nitrogens with zero attached hydrogens (tertiary/aromatic N) is 2. The number of nitrogens with two attached hydrogens (primary N) is 1. The van der Waals surface area contributed by atoms with Gasteiger partial charge in [0.2, 0.25) is 5.91 Å². The molecule has 1 aromatic rings. The summed E-state index contributed by atoms with van der Waals surface area (Å²) < 4.78 is 61.9. The number of ether oxygens (including phenoxy) is 2. The summed E-state index contributed by atoms with van der Waals surface area (Å²) in [7, 11) is 0. The van der Waals surface area contributed by atoms with Gasteiger partial charge < -0.3 is 25.4 Å². The predicted octanol–water partition coefficient (Wildman–Crippen LogP) is 1.81. The highest BCUT2D eigenvalue weighted by Crippen LogP contribution is 2.34. The number of benzene rings is 1. The van der Waals surface area contributed by atoms with E-state index in [4.69, 9.17) is 10.5 Å². The number of anilines is 2. The zero-order valence-corrected chi connectivity index (χ0v) is 18.2. The van der Waals surface area contributed by atoms with Crippen LogP contribution in [0.5, 0.6) is 5.75 Å². The third kappa shape index (κ3) is 6.56. The van der Waals surface area contributed by atoms with Crippen molar-refractivity contribution in [2.24, 2.45) is 11.7 Å². The van der Waals surface area contributed by atoms with E-state index in [1.807, 2.05) is 0 Å². The van der Waals surface area contributed by atoms with E-state index in [9.17, 15) is 31.9 Å². The Balaban J connectivity index is 1.82. The highest BCUT2D eigenvalue weighted by molar-refractivity contribution is 6.09. The van der Waals surface area contributed by atoms with E-state index in [0.717, 1.165) is 30.2 Å². The second kappa shape index (κ2) is 11.5. The lowest BCUT2D eigenvalue weighted by molar-refractivity contribution is -0.134. The Hall–Kier alpha value is -2.93. The number of carbonyl (C=O) groups is 3. The predicted molar refractivity (Wildman–Crippen MR) is 113 cm³/mol. The summed E-state index contributed by atoms with van der Waals surface area (Å²) in [6.07, 6.45) is -0.275. The molecule has 2 fully saturated rings. The van der Waals surface area contributed by atoms with Gasteiger partial charge in [-0.2, -0.15) is 8.78 Å². The number of nitrogens with one attached hydrogen (secondary N) is 1. The van der Waals surface area contributed by atoms with E-state index < -0.39 is 49.1 Å². The number of hydrogen-bond acceptors (Lipinski definition) is 6. The van der Waals surface area contributed by atoms with Gasteiger partial charge in [0, 0.05) is 24.8 Å². The van der Waals surface area contributed by atoms with Gasteiger partial charge in [0.05, 0.1) is 18.8 Å². The Bertz CT molecular complexity index is 900. The fourth-order valence-corrected chi connectivity index (χ4v) is 3.93. The zero-order valence-electron chi connectivity index (χ0n) is 18.2. The smallest absolute Gasteiger partial charge is 0.387 e. The second-order valence-electron chi connectivity index (χ2n) is 8.10. The van der Waals surface area contributed by atoms with Crippen LogP contribution in [-0.2, 0) is 19.1 Å². The molecule has 0 unspecified atom stereocenters. The van der Waals surface area contributed by atoms with Crippen LogP contribution in [0, 0.1) is 5.92 Å². The van der Waals surface area contributed by atoms with Gasteiger partial charge in [-0.1, -0.05) is 6.42 Å². The van der Waals surface area contributed by atoms with Crippen molar-refractivity contribution in [2.75, 3.05) is 43.1 Å². The maximum Gasteiger partial charge on any atom is 0.387 e. The van der Waals surface area contributed by atoms with Gasteiger partial charge >= 0.3 is 6.61 Å². The molecular weight excluding hydrogens is 464 g/mol. The molecule has 1 aliphatic carbocycles. The molecule has 1 saturated carbocycles. The number of morpholine rings is 1. The van der Waals surface area contributed by atoms with Gasteiger partial charge in [-0.3, -0.25) is 19.3 Å². The van der Waals surface area contributed by atoms with Crippen molar-refractivity contribution in [1.82, 2.24) is 4.90 Å². The SMILES string of the molecule is NC(=O)[C@H](C(=O)Nc1ccc(N2CCOCC2=O)c(OC(F)F)c1)N(CC(F)F)CC1CCC1. The van der Waals surface area contributed by atoms with Crippen LogP contribution in [0.2, 0.25) is 0 Å². The average molecular weight is 490 g/mol. The molecule has 34 heavy (non-hydrogen) atoms. The van der Waals surface area contributed by atoms with Gasteiger partial charge in [-0.15, -0.1) is 0 Å². The van der Waals surface area contributed by atoms with Crippen LogP contribution in [0.1, 0.15) is 19.3 Å². The van der Waals surface area contributed by atoms with Crippen molar-refractivity contribution in [1.29, 1.82) is 0 Å². The molecule has 1 atom stereocenters. The minimum absolute atomic E-state index is 0.0439. The van der Waals surface area contributed by atoms with E-state index in [2.05, 4.69) is 10.1 Å². The Morgan fingerprint density at radius 3 is 2.56 bits per heavy atom. The van der Waals surface area contributed by atoms with Crippen LogP contribution in [0.4, 0.5) is 28.9 Å². The molecule has 0 bridgehead atoms. The quantitative estimate of drug-likeness (QED) is 0.361. The third-order valence-electron chi connectivity index (χ3n) is 5.69. The number of amides is 3. The summed E-state index contributed by atoms with van der Waals surface area (Å²) in [5.41, 5.74) is 5.37. The topological polar surface area (TPSA) is 114 Å². The molecule has 3 amide bonds. The first-order chi connectivity index (χ1) is 16.2. The average Bonchev–Trinajstić information content (AvgIpc) is 2.70. The molecule has 0 spiro atoms. The van der Waals surface area contributed by atoms with Crippen molar-refractivity contribution in [3.63, 3.8) is 0 Å². The van der Waals surface area contributed by atoms with Crippen molar-refractivity contribution in [3.8, 4) is 5.75 Å². The molecule has 13 heteroatoms. The Kier molecular flexibility index (Phi) is 8.67. The van der Waals surface area contributed by atoms with Crippen molar-refractivity contribution >= 4 is 29.1 Å². The summed E-state index contributed by atoms with van der Waals surface area (Å²) in [4.78, 5) is 39.3. The van der Waals surface area contributed by atoms with E-state index in [-0.39, 0.29) is 43.6 Å².